The normalized spacial score (nSPS) is 11.4. The zero-order valence-electron chi connectivity index (χ0n) is 19.7. The van der Waals surface area contributed by atoms with Gasteiger partial charge in [-0.05, 0) is 59.3 Å². The van der Waals surface area contributed by atoms with Crippen molar-refractivity contribution in [2.24, 2.45) is 10.8 Å². The van der Waals surface area contributed by atoms with Crippen LogP contribution in [0, 0.1) is 0 Å². The van der Waals surface area contributed by atoms with E-state index >= 15 is 0 Å². The van der Waals surface area contributed by atoms with Crippen LogP contribution in [-0.2, 0) is 4.79 Å². The zero-order valence-corrected chi connectivity index (χ0v) is 21.3. The Morgan fingerprint density at radius 1 is 1.11 bits per heavy atom. The van der Waals surface area contributed by atoms with Crippen LogP contribution in [0.25, 0.3) is 33.5 Å². The maximum absolute atomic E-state index is 13.5. The van der Waals surface area contributed by atoms with E-state index < -0.39 is 5.91 Å². The van der Waals surface area contributed by atoms with Crippen LogP contribution in [0.5, 0.6) is 11.5 Å². The molecular formula is C27H21BrN4O5. The van der Waals surface area contributed by atoms with Gasteiger partial charge < -0.3 is 19.6 Å². The van der Waals surface area contributed by atoms with Crippen LogP contribution in [0.2, 0.25) is 0 Å². The molecule has 5 aromatic rings. The Hall–Kier alpha value is -4.44. The van der Waals surface area contributed by atoms with Crippen LogP contribution in [0.3, 0.4) is 0 Å². The number of halogens is 1. The Labute approximate surface area is 219 Å². The highest BCUT2D eigenvalue weighted by Crippen LogP contribution is 2.33. The fourth-order valence-corrected chi connectivity index (χ4v) is 4.21. The van der Waals surface area contributed by atoms with Gasteiger partial charge >= 0.3 is 0 Å². The molecule has 0 atom stereocenters. The summed E-state index contributed by atoms with van der Waals surface area (Å²) < 4.78 is 19.0. The highest BCUT2D eigenvalue weighted by atomic mass is 79.9. The molecule has 0 saturated carbocycles. The number of amides is 1. The number of hydrogen-bond acceptors (Lipinski definition) is 7. The Morgan fingerprint density at radius 2 is 1.86 bits per heavy atom. The molecule has 186 valence electrons. The van der Waals surface area contributed by atoms with Crippen LogP contribution in [0.15, 0.2) is 85.5 Å². The summed E-state index contributed by atoms with van der Waals surface area (Å²) in [4.78, 5) is 29.3. The van der Waals surface area contributed by atoms with Crippen molar-refractivity contribution in [2.45, 2.75) is 6.92 Å². The maximum Gasteiger partial charge on any atom is 0.282 e. The number of aromatic nitrogens is 2. The van der Waals surface area contributed by atoms with Crippen LogP contribution >= 0.6 is 15.9 Å². The predicted octanol–water partition coefficient (Wildman–Crippen LogP) is 4.72. The molecule has 0 fully saturated rings. The summed E-state index contributed by atoms with van der Waals surface area (Å²) >= 11 is 3.49. The van der Waals surface area contributed by atoms with E-state index in [0.29, 0.717) is 50.4 Å². The molecule has 5 rings (SSSR count). The van der Waals surface area contributed by atoms with Crippen molar-refractivity contribution in [3.05, 3.63) is 87.1 Å². The molecule has 0 unspecified atom stereocenters. The van der Waals surface area contributed by atoms with Crippen molar-refractivity contribution in [1.82, 2.24) is 9.66 Å². The molecule has 0 saturated heterocycles. The van der Waals surface area contributed by atoms with Crippen LogP contribution in [0.4, 0.5) is 0 Å². The fourth-order valence-electron chi connectivity index (χ4n) is 3.78. The van der Waals surface area contributed by atoms with E-state index in [2.05, 4.69) is 21.0 Å². The lowest BCUT2D eigenvalue weighted by Crippen LogP contribution is -2.20. The second-order valence-electron chi connectivity index (χ2n) is 7.97. The van der Waals surface area contributed by atoms with E-state index in [1.807, 2.05) is 43.3 Å². The van der Waals surface area contributed by atoms with Crippen molar-refractivity contribution in [1.29, 1.82) is 0 Å². The van der Waals surface area contributed by atoms with E-state index in [4.69, 9.17) is 24.6 Å². The number of rotatable bonds is 8. The first-order valence-electron chi connectivity index (χ1n) is 11.4. The number of furan rings is 1. The van der Waals surface area contributed by atoms with Gasteiger partial charge in [0.25, 0.3) is 11.5 Å². The van der Waals surface area contributed by atoms with Crippen molar-refractivity contribution in [3.63, 3.8) is 0 Å². The number of nitrogens with zero attached hydrogens (tertiary/aromatic N) is 3. The van der Waals surface area contributed by atoms with E-state index in [9.17, 15) is 9.59 Å². The summed E-state index contributed by atoms with van der Waals surface area (Å²) in [6.07, 6.45) is 1.51. The lowest BCUT2D eigenvalue weighted by atomic mass is 10.2. The number of nitrogens with two attached hydrogens (primary N) is 1. The molecule has 2 aromatic heterocycles. The van der Waals surface area contributed by atoms with Crippen molar-refractivity contribution in [3.8, 4) is 23.1 Å². The van der Waals surface area contributed by atoms with Gasteiger partial charge in [-0.15, -0.1) is 0 Å². The van der Waals surface area contributed by atoms with Gasteiger partial charge in [0, 0.05) is 15.4 Å². The van der Waals surface area contributed by atoms with Gasteiger partial charge in [0.05, 0.1) is 23.7 Å². The number of hydrogen-bond donors (Lipinski definition) is 1. The number of carbonyl (C=O) groups is 1. The number of primary amides is 1. The minimum atomic E-state index is -0.606. The predicted molar refractivity (Wildman–Crippen MR) is 144 cm³/mol. The molecule has 3 aromatic carbocycles. The second-order valence-corrected chi connectivity index (χ2v) is 8.83. The lowest BCUT2D eigenvalue weighted by Gasteiger charge is -2.13. The van der Waals surface area contributed by atoms with Gasteiger partial charge in [0.2, 0.25) is 5.82 Å². The largest absolute Gasteiger partial charge is 0.490 e. The molecule has 9 nitrogen and oxygen atoms in total. The molecule has 1 amide bonds. The summed E-state index contributed by atoms with van der Waals surface area (Å²) in [5.41, 5.74) is 6.66. The summed E-state index contributed by atoms with van der Waals surface area (Å²) in [6, 6.07) is 19.8. The monoisotopic (exact) mass is 560 g/mol. The highest BCUT2D eigenvalue weighted by molar-refractivity contribution is 9.10. The van der Waals surface area contributed by atoms with E-state index in [0.717, 1.165) is 5.39 Å². The number of para-hydroxylation sites is 2. The molecule has 0 spiro atoms. The Balaban J connectivity index is 1.63. The SMILES string of the molecule is CCOc1cc(C=Nn2c(-c3cc4ccccc4o3)nc3ccccc3c2=O)c(Br)cc1OCC(N)=O. The standard InChI is InChI=1S/C27H21BrN4O5/c1-2-35-22-12-17(19(28)13-23(22)36-15-25(29)33)14-30-32-26(24-11-16-7-3-6-10-21(16)37-24)31-20-9-5-4-8-18(20)27(32)34/h3-14H,2,15H2,1H3,(H2,29,33). The topological polar surface area (TPSA) is 122 Å². The fraction of sp³-hybridized carbons (Fsp3) is 0.111. The number of benzene rings is 3. The van der Waals surface area contributed by atoms with E-state index in [1.54, 1.807) is 30.3 Å². The molecular weight excluding hydrogens is 540 g/mol. The quantitative estimate of drug-likeness (QED) is 0.274. The molecule has 0 radical (unpaired) electrons. The molecule has 37 heavy (non-hydrogen) atoms. The average molecular weight is 561 g/mol. The van der Waals surface area contributed by atoms with E-state index in [1.165, 1.54) is 10.9 Å². The van der Waals surface area contributed by atoms with Crippen LogP contribution in [0.1, 0.15) is 12.5 Å². The number of carbonyl (C=O) groups excluding carboxylic acids is 1. The first kappa shape index (κ1) is 24.3. The van der Waals surface area contributed by atoms with Gasteiger partial charge in [-0.2, -0.15) is 9.78 Å². The third-order valence-corrected chi connectivity index (χ3v) is 6.13. The molecule has 2 heterocycles. The summed E-state index contributed by atoms with van der Waals surface area (Å²) in [5.74, 6) is 0.807. The van der Waals surface area contributed by atoms with E-state index in [-0.39, 0.29) is 18.0 Å². The van der Waals surface area contributed by atoms with Gasteiger partial charge in [-0.3, -0.25) is 9.59 Å². The first-order valence-corrected chi connectivity index (χ1v) is 12.2. The van der Waals surface area contributed by atoms with Crippen LogP contribution < -0.4 is 20.8 Å². The Bertz CT molecular complexity index is 1690. The highest BCUT2D eigenvalue weighted by Gasteiger charge is 2.17. The summed E-state index contributed by atoms with van der Waals surface area (Å²) in [7, 11) is 0. The average Bonchev–Trinajstić information content (AvgIpc) is 3.33. The number of ether oxygens (including phenoxy) is 2. The molecule has 0 bridgehead atoms. The second kappa shape index (κ2) is 10.3. The van der Waals surface area contributed by atoms with Crippen molar-refractivity contribution < 1.29 is 18.7 Å². The molecule has 0 aliphatic heterocycles. The molecule has 0 aliphatic carbocycles. The molecule has 2 N–H and O–H groups in total. The summed E-state index contributed by atoms with van der Waals surface area (Å²) in [5, 5.41) is 5.80. The lowest BCUT2D eigenvalue weighted by molar-refractivity contribution is -0.119. The van der Waals surface area contributed by atoms with Crippen molar-refractivity contribution >= 4 is 49.9 Å². The maximum atomic E-state index is 13.5. The summed E-state index contributed by atoms with van der Waals surface area (Å²) in [6.45, 7) is 1.90. The van der Waals surface area contributed by atoms with Gasteiger partial charge in [-0.25, -0.2) is 4.98 Å². The first-order chi connectivity index (χ1) is 17.9. The third kappa shape index (κ3) is 4.96. The number of fused-ring (bicyclic) bond motifs is 2. The molecule has 10 heteroatoms. The Morgan fingerprint density at radius 3 is 2.65 bits per heavy atom. The smallest absolute Gasteiger partial charge is 0.282 e. The van der Waals surface area contributed by atoms with Gasteiger partial charge in [-0.1, -0.05) is 30.3 Å². The van der Waals surface area contributed by atoms with Crippen molar-refractivity contribution in [2.75, 3.05) is 13.2 Å². The third-order valence-electron chi connectivity index (χ3n) is 5.44. The van der Waals surface area contributed by atoms with Gasteiger partial charge in [0.15, 0.2) is 23.9 Å². The minimum Gasteiger partial charge on any atom is -0.490 e. The van der Waals surface area contributed by atoms with Crippen LogP contribution in [-0.4, -0.2) is 35.0 Å². The minimum absolute atomic E-state index is 0.263. The van der Waals surface area contributed by atoms with Gasteiger partial charge in [0.1, 0.15) is 5.58 Å². The molecule has 0 aliphatic rings. The Kier molecular flexibility index (Phi) is 6.74. The zero-order chi connectivity index (χ0) is 25.9.